The molecule has 0 N–H and O–H groups in total. The number of carbonyl (C=O) groups excluding carboxylic acids is 2. The molecular formula is C20H18N2O6S. The van der Waals surface area contributed by atoms with Crippen LogP contribution in [-0.2, 0) is 20.9 Å². The lowest BCUT2D eigenvalue weighted by Crippen LogP contribution is -2.27. The number of nitrogens with zero attached hydrogens (tertiary/aromatic N) is 2. The first-order valence-electron chi connectivity index (χ1n) is 8.85. The van der Waals surface area contributed by atoms with Gasteiger partial charge in [-0.1, -0.05) is 29.5 Å². The van der Waals surface area contributed by atoms with Crippen LogP contribution in [0.4, 0.5) is 0 Å². The molecule has 1 amide bonds. The molecule has 3 aromatic rings. The Morgan fingerprint density at radius 3 is 2.66 bits per heavy atom. The summed E-state index contributed by atoms with van der Waals surface area (Å²) in [6.45, 7) is 1.69. The Labute approximate surface area is 169 Å². The number of hydrogen-bond donors (Lipinski definition) is 0. The molecule has 8 nitrogen and oxygen atoms in total. The SMILES string of the molecule is COC(=O)Cn1c(=NC(=O)C(C)Oc2ccccc2)sc2cc3c(cc21)OCO3. The zero-order chi connectivity index (χ0) is 20.4. The third kappa shape index (κ3) is 3.95. The molecule has 1 aliphatic rings. The summed E-state index contributed by atoms with van der Waals surface area (Å²) >= 11 is 1.27. The van der Waals surface area contributed by atoms with E-state index >= 15 is 0 Å². The van der Waals surface area contributed by atoms with Gasteiger partial charge in [-0.15, -0.1) is 0 Å². The van der Waals surface area contributed by atoms with Crippen LogP contribution >= 0.6 is 11.3 Å². The second-order valence-corrected chi connectivity index (χ2v) is 7.25. The number of esters is 1. The molecule has 0 radical (unpaired) electrons. The van der Waals surface area contributed by atoms with Crippen molar-refractivity contribution in [1.82, 2.24) is 4.57 Å². The third-order valence-corrected chi connectivity index (χ3v) is 5.34. The van der Waals surface area contributed by atoms with Crippen LogP contribution in [0.5, 0.6) is 17.2 Å². The molecular weight excluding hydrogens is 396 g/mol. The van der Waals surface area contributed by atoms with Crippen molar-refractivity contribution in [2.45, 2.75) is 19.6 Å². The van der Waals surface area contributed by atoms with E-state index in [1.54, 1.807) is 29.7 Å². The van der Waals surface area contributed by atoms with E-state index in [-0.39, 0.29) is 13.3 Å². The van der Waals surface area contributed by atoms with E-state index in [9.17, 15) is 9.59 Å². The van der Waals surface area contributed by atoms with E-state index in [0.717, 1.165) is 4.70 Å². The number of methoxy groups -OCH3 is 1. The van der Waals surface area contributed by atoms with Crippen LogP contribution in [0.1, 0.15) is 6.92 Å². The van der Waals surface area contributed by atoms with Gasteiger partial charge in [0.25, 0.3) is 5.91 Å². The van der Waals surface area contributed by atoms with Crippen LogP contribution in [0.2, 0.25) is 0 Å². The summed E-state index contributed by atoms with van der Waals surface area (Å²) in [6.07, 6.45) is -0.786. The number of rotatable bonds is 5. The molecule has 4 rings (SSSR count). The van der Waals surface area contributed by atoms with Gasteiger partial charge in [0.1, 0.15) is 12.3 Å². The van der Waals surface area contributed by atoms with Gasteiger partial charge in [0.15, 0.2) is 22.4 Å². The van der Waals surface area contributed by atoms with Crippen molar-refractivity contribution in [1.29, 1.82) is 0 Å². The van der Waals surface area contributed by atoms with E-state index in [1.807, 2.05) is 24.3 Å². The van der Waals surface area contributed by atoms with Gasteiger partial charge in [-0.3, -0.25) is 9.59 Å². The Morgan fingerprint density at radius 1 is 1.21 bits per heavy atom. The van der Waals surface area contributed by atoms with Gasteiger partial charge < -0.3 is 23.5 Å². The molecule has 1 aromatic heterocycles. The van der Waals surface area contributed by atoms with Crippen LogP contribution in [0.3, 0.4) is 0 Å². The maximum absolute atomic E-state index is 12.6. The number of para-hydroxylation sites is 1. The van der Waals surface area contributed by atoms with Crippen LogP contribution in [-0.4, -0.2) is 36.5 Å². The zero-order valence-corrected chi connectivity index (χ0v) is 16.6. The summed E-state index contributed by atoms with van der Waals surface area (Å²) in [6, 6.07) is 12.6. The minimum atomic E-state index is -0.786. The highest BCUT2D eigenvalue weighted by atomic mass is 32.1. The second-order valence-electron chi connectivity index (χ2n) is 6.24. The standard InChI is InChI=1S/C20H18N2O6S/c1-12(28-13-6-4-3-5-7-13)19(24)21-20-22(10-18(23)25-2)14-8-15-16(27-11-26-15)9-17(14)29-20/h3-9,12H,10-11H2,1-2H3. The fourth-order valence-corrected chi connectivity index (χ4v) is 3.88. The number of fused-ring (bicyclic) bond motifs is 2. The van der Waals surface area contributed by atoms with Gasteiger partial charge in [-0.25, -0.2) is 0 Å². The lowest BCUT2D eigenvalue weighted by atomic mass is 10.3. The van der Waals surface area contributed by atoms with Crippen LogP contribution in [0, 0.1) is 0 Å². The molecule has 29 heavy (non-hydrogen) atoms. The lowest BCUT2D eigenvalue weighted by Gasteiger charge is -2.10. The normalized spacial score (nSPS) is 14.1. The van der Waals surface area contributed by atoms with Crippen molar-refractivity contribution >= 4 is 33.4 Å². The average Bonchev–Trinajstić information content (AvgIpc) is 3.31. The van der Waals surface area contributed by atoms with Gasteiger partial charge in [0.2, 0.25) is 6.79 Å². The zero-order valence-electron chi connectivity index (χ0n) is 15.8. The van der Waals surface area contributed by atoms with Gasteiger partial charge in [0.05, 0.1) is 17.3 Å². The molecule has 0 saturated heterocycles. The molecule has 150 valence electrons. The van der Waals surface area contributed by atoms with Crippen LogP contribution < -0.4 is 19.0 Å². The molecule has 0 fully saturated rings. The van der Waals surface area contributed by atoms with Gasteiger partial charge >= 0.3 is 5.97 Å². The largest absolute Gasteiger partial charge is 0.481 e. The summed E-state index contributed by atoms with van der Waals surface area (Å²) in [4.78, 5) is 29.1. The van der Waals surface area contributed by atoms with E-state index in [4.69, 9.17) is 18.9 Å². The number of hydrogen-bond acceptors (Lipinski definition) is 7. The summed E-state index contributed by atoms with van der Waals surface area (Å²) in [5.41, 5.74) is 0.702. The topological polar surface area (TPSA) is 88.4 Å². The summed E-state index contributed by atoms with van der Waals surface area (Å²) in [5.74, 6) is 0.854. The smallest absolute Gasteiger partial charge is 0.325 e. The quantitative estimate of drug-likeness (QED) is 0.596. The fraction of sp³-hybridized carbons (Fsp3) is 0.250. The van der Waals surface area contributed by atoms with Crippen LogP contribution in [0.25, 0.3) is 10.2 Å². The Morgan fingerprint density at radius 2 is 1.93 bits per heavy atom. The highest BCUT2D eigenvalue weighted by Gasteiger charge is 2.20. The highest BCUT2D eigenvalue weighted by molar-refractivity contribution is 7.16. The summed E-state index contributed by atoms with van der Waals surface area (Å²) in [7, 11) is 1.31. The molecule has 1 aliphatic heterocycles. The van der Waals surface area contributed by atoms with Crippen molar-refractivity contribution in [3.63, 3.8) is 0 Å². The first kappa shape index (κ1) is 19.0. The first-order chi connectivity index (χ1) is 14.0. The van der Waals surface area contributed by atoms with Crippen molar-refractivity contribution in [2.24, 2.45) is 4.99 Å². The predicted octanol–water partition coefficient (Wildman–Crippen LogP) is 2.50. The highest BCUT2D eigenvalue weighted by Crippen LogP contribution is 2.37. The summed E-state index contributed by atoms with van der Waals surface area (Å²) < 4.78 is 23.7. The molecule has 9 heteroatoms. The maximum Gasteiger partial charge on any atom is 0.325 e. The van der Waals surface area contributed by atoms with Gasteiger partial charge in [-0.2, -0.15) is 4.99 Å². The predicted molar refractivity (Wildman–Crippen MR) is 105 cm³/mol. The summed E-state index contributed by atoms with van der Waals surface area (Å²) in [5, 5.41) is 0. The molecule has 1 atom stereocenters. The van der Waals surface area contributed by atoms with Gasteiger partial charge in [0, 0.05) is 12.1 Å². The fourth-order valence-electron chi connectivity index (χ4n) is 2.83. The van der Waals surface area contributed by atoms with Crippen molar-refractivity contribution < 1.29 is 28.5 Å². The number of ether oxygens (including phenoxy) is 4. The van der Waals surface area contributed by atoms with Gasteiger partial charge in [-0.05, 0) is 19.1 Å². The first-order valence-corrected chi connectivity index (χ1v) is 9.67. The average molecular weight is 414 g/mol. The monoisotopic (exact) mass is 414 g/mol. The number of thiazole rings is 1. The van der Waals surface area contributed by atoms with E-state index < -0.39 is 18.0 Å². The molecule has 2 aromatic carbocycles. The van der Waals surface area contributed by atoms with Crippen LogP contribution in [0.15, 0.2) is 47.5 Å². The Hall–Kier alpha value is -3.33. The number of benzene rings is 2. The Bertz CT molecular complexity index is 1140. The number of carbonyl (C=O) groups is 2. The molecule has 1 unspecified atom stereocenters. The molecule has 0 bridgehead atoms. The minimum Gasteiger partial charge on any atom is -0.481 e. The lowest BCUT2D eigenvalue weighted by molar-refractivity contribution is -0.141. The second kappa shape index (κ2) is 7.96. The number of amides is 1. The van der Waals surface area contributed by atoms with E-state index in [2.05, 4.69) is 4.99 Å². The molecule has 0 aliphatic carbocycles. The molecule has 0 spiro atoms. The number of aromatic nitrogens is 1. The molecule has 0 saturated carbocycles. The van der Waals surface area contributed by atoms with E-state index in [1.165, 1.54) is 18.4 Å². The maximum atomic E-state index is 12.6. The Kier molecular flexibility index (Phi) is 5.22. The van der Waals surface area contributed by atoms with Crippen molar-refractivity contribution in [3.8, 4) is 17.2 Å². The van der Waals surface area contributed by atoms with E-state index in [0.29, 0.717) is 27.6 Å². The Balaban J connectivity index is 1.72. The minimum absolute atomic E-state index is 0.0871. The van der Waals surface area contributed by atoms with Crippen molar-refractivity contribution in [2.75, 3.05) is 13.9 Å². The third-order valence-electron chi connectivity index (χ3n) is 4.30. The van der Waals surface area contributed by atoms with Crippen molar-refractivity contribution in [3.05, 3.63) is 47.3 Å². The molecule has 2 heterocycles.